The molecular formula is C34H29ClI2N4O4. The molecule has 5 rings (SSSR count). The fourth-order valence-electron chi connectivity index (χ4n) is 4.76. The molecule has 0 aliphatic carbocycles. The maximum Gasteiger partial charge on any atom is 0.282 e. The van der Waals surface area contributed by atoms with E-state index in [-0.39, 0.29) is 24.0 Å². The maximum atomic E-state index is 13.8. The van der Waals surface area contributed by atoms with Crippen LogP contribution in [0.15, 0.2) is 82.7 Å². The van der Waals surface area contributed by atoms with Gasteiger partial charge in [0.1, 0.15) is 11.5 Å². The second-order valence-corrected chi connectivity index (χ2v) is 13.3. The third kappa shape index (κ3) is 7.50. The number of rotatable bonds is 9. The number of hydrogen-bond acceptors (Lipinski definition) is 6. The van der Waals surface area contributed by atoms with Crippen molar-refractivity contribution in [2.75, 3.05) is 19.0 Å². The predicted molar refractivity (Wildman–Crippen MR) is 197 cm³/mol. The summed E-state index contributed by atoms with van der Waals surface area (Å²) < 4.78 is 14.5. The van der Waals surface area contributed by atoms with Crippen molar-refractivity contribution in [2.45, 2.75) is 26.7 Å². The molecule has 1 heterocycles. The van der Waals surface area contributed by atoms with Crippen molar-refractivity contribution < 1.29 is 14.3 Å². The molecule has 45 heavy (non-hydrogen) atoms. The molecule has 0 spiro atoms. The predicted octanol–water partition coefficient (Wildman–Crippen LogP) is 8.27. The van der Waals surface area contributed by atoms with Crippen LogP contribution in [0.1, 0.15) is 36.5 Å². The fraction of sp³-hybridized carbons (Fsp3) is 0.176. The Bertz CT molecular complexity index is 1970. The zero-order valence-corrected chi connectivity index (χ0v) is 30.0. The van der Waals surface area contributed by atoms with Gasteiger partial charge in [-0.3, -0.25) is 9.59 Å². The number of methoxy groups -OCH3 is 1. The minimum atomic E-state index is -0.292. The lowest BCUT2D eigenvalue weighted by atomic mass is 9.96. The number of anilines is 1. The molecule has 1 N–H and O–H groups in total. The summed E-state index contributed by atoms with van der Waals surface area (Å²) in [7, 11) is 1.66. The van der Waals surface area contributed by atoms with E-state index in [1.807, 2.05) is 49.4 Å². The first-order valence-corrected chi connectivity index (χ1v) is 16.5. The SMILES string of the molecule is COc1cc(C)c(-c2nc3ccccc3c(=O)n2N=Cc2cc(I)c(OCC(=O)Nc3ccc(Cl)cc3)c(I)c2)cc1C(C)C. The number of hydrogen-bond donors (Lipinski definition) is 1. The average molecular weight is 847 g/mol. The Balaban J connectivity index is 1.48. The minimum Gasteiger partial charge on any atom is -0.496 e. The molecule has 0 aliphatic heterocycles. The number of para-hydroxylation sites is 1. The molecule has 8 nitrogen and oxygen atoms in total. The van der Waals surface area contributed by atoms with Crippen LogP contribution in [0.3, 0.4) is 0 Å². The maximum absolute atomic E-state index is 13.8. The van der Waals surface area contributed by atoms with Crippen LogP contribution in [0.25, 0.3) is 22.3 Å². The Labute approximate surface area is 293 Å². The number of aromatic nitrogens is 2. The number of ether oxygens (including phenoxy) is 2. The van der Waals surface area contributed by atoms with Crippen LogP contribution in [0.2, 0.25) is 5.02 Å². The smallest absolute Gasteiger partial charge is 0.282 e. The van der Waals surface area contributed by atoms with Crippen LogP contribution < -0.4 is 20.3 Å². The van der Waals surface area contributed by atoms with E-state index in [4.69, 9.17) is 26.1 Å². The Hall–Kier alpha value is -3.49. The van der Waals surface area contributed by atoms with Gasteiger partial charge in [0, 0.05) is 16.3 Å². The van der Waals surface area contributed by atoms with E-state index in [1.54, 1.807) is 43.7 Å². The first-order chi connectivity index (χ1) is 21.5. The van der Waals surface area contributed by atoms with Gasteiger partial charge in [-0.15, -0.1) is 0 Å². The van der Waals surface area contributed by atoms with Crippen molar-refractivity contribution in [3.8, 4) is 22.9 Å². The molecule has 0 atom stereocenters. The van der Waals surface area contributed by atoms with Gasteiger partial charge >= 0.3 is 0 Å². The van der Waals surface area contributed by atoms with Crippen LogP contribution in [0, 0.1) is 14.1 Å². The van der Waals surface area contributed by atoms with Crippen molar-refractivity contribution in [3.05, 3.63) is 112 Å². The van der Waals surface area contributed by atoms with Gasteiger partial charge < -0.3 is 14.8 Å². The van der Waals surface area contributed by atoms with E-state index < -0.39 is 0 Å². The molecule has 0 radical (unpaired) electrons. The fourth-order valence-corrected chi connectivity index (χ4v) is 7.01. The van der Waals surface area contributed by atoms with Crippen LogP contribution in [0.4, 0.5) is 5.69 Å². The Morgan fingerprint density at radius 2 is 1.76 bits per heavy atom. The molecule has 5 aromatic rings. The van der Waals surface area contributed by atoms with Crippen LogP contribution >= 0.6 is 56.8 Å². The molecule has 0 saturated heterocycles. The second-order valence-electron chi connectivity index (χ2n) is 10.5. The van der Waals surface area contributed by atoms with Crippen molar-refractivity contribution in [1.29, 1.82) is 0 Å². The highest BCUT2D eigenvalue weighted by Gasteiger charge is 2.19. The average Bonchev–Trinajstić information content (AvgIpc) is 3.01. The standard InChI is InChI=1S/C34H29ClI2N4O4/c1-19(2)25-16-26(20(3)13-30(25)44-4)33-40-29-8-6-5-7-24(29)34(43)41(33)38-17-21-14-27(36)32(28(37)15-21)45-18-31(42)39-23-11-9-22(35)10-12-23/h5-17,19H,18H2,1-4H3,(H,39,42). The lowest BCUT2D eigenvalue weighted by Crippen LogP contribution is -2.21. The van der Waals surface area contributed by atoms with Gasteiger partial charge in [-0.05, 0) is 135 Å². The van der Waals surface area contributed by atoms with E-state index in [1.165, 1.54) is 4.68 Å². The second kappa shape index (κ2) is 14.3. The Morgan fingerprint density at radius 3 is 2.42 bits per heavy atom. The van der Waals surface area contributed by atoms with E-state index in [0.717, 1.165) is 35.1 Å². The van der Waals surface area contributed by atoms with Crippen molar-refractivity contribution in [1.82, 2.24) is 9.66 Å². The monoisotopic (exact) mass is 846 g/mol. The van der Waals surface area contributed by atoms with E-state index in [0.29, 0.717) is 33.2 Å². The number of halogens is 3. The third-order valence-corrected chi connectivity index (χ3v) is 8.87. The van der Waals surface area contributed by atoms with Crippen LogP contribution in [0.5, 0.6) is 11.5 Å². The Kier molecular flexibility index (Phi) is 10.4. The highest BCUT2D eigenvalue weighted by atomic mass is 127. The normalized spacial score (nSPS) is 11.4. The van der Waals surface area contributed by atoms with Crippen LogP contribution in [-0.2, 0) is 4.79 Å². The molecular weight excluding hydrogens is 818 g/mol. The summed E-state index contributed by atoms with van der Waals surface area (Å²) in [6, 6.07) is 21.9. The largest absolute Gasteiger partial charge is 0.496 e. The summed E-state index contributed by atoms with van der Waals surface area (Å²) in [4.78, 5) is 31.2. The van der Waals surface area contributed by atoms with Crippen molar-refractivity contribution in [3.63, 3.8) is 0 Å². The molecule has 1 aromatic heterocycles. The first kappa shape index (κ1) is 32.9. The van der Waals surface area contributed by atoms with E-state index in [9.17, 15) is 9.59 Å². The summed E-state index contributed by atoms with van der Waals surface area (Å²) in [6.07, 6.45) is 1.63. The molecule has 11 heteroatoms. The van der Waals surface area contributed by atoms with E-state index >= 15 is 0 Å². The minimum absolute atomic E-state index is 0.164. The lowest BCUT2D eigenvalue weighted by molar-refractivity contribution is -0.118. The summed E-state index contributed by atoms with van der Waals surface area (Å²) in [6.45, 7) is 6.00. The molecule has 0 fully saturated rings. The van der Waals surface area contributed by atoms with Gasteiger partial charge in [-0.1, -0.05) is 37.6 Å². The number of fused-ring (bicyclic) bond motifs is 1. The molecule has 0 bridgehead atoms. The number of nitrogens with one attached hydrogen (secondary N) is 1. The van der Waals surface area contributed by atoms with Gasteiger partial charge in [-0.25, -0.2) is 4.98 Å². The van der Waals surface area contributed by atoms with Gasteiger partial charge in [0.25, 0.3) is 11.5 Å². The summed E-state index contributed by atoms with van der Waals surface area (Å²) >= 11 is 10.2. The molecule has 4 aromatic carbocycles. The lowest BCUT2D eigenvalue weighted by Gasteiger charge is -2.17. The van der Waals surface area contributed by atoms with Gasteiger partial charge in [0.2, 0.25) is 0 Å². The van der Waals surface area contributed by atoms with Gasteiger partial charge in [0.15, 0.2) is 12.4 Å². The number of nitrogens with zero attached hydrogens (tertiary/aromatic N) is 3. The topological polar surface area (TPSA) is 94.8 Å². The number of amides is 1. The molecule has 1 amide bonds. The molecule has 0 aliphatic rings. The Morgan fingerprint density at radius 1 is 1.07 bits per heavy atom. The third-order valence-electron chi connectivity index (χ3n) is 7.01. The quantitative estimate of drug-likeness (QED) is 0.119. The van der Waals surface area contributed by atoms with Crippen molar-refractivity contribution in [2.24, 2.45) is 5.10 Å². The van der Waals surface area contributed by atoms with Crippen molar-refractivity contribution >= 4 is 85.5 Å². The molecule has 0 saturated carbocycles. The van der Waals surface area contributed by atoms with Gasteiger partial charge in [-0.2, -0.15) is 9.78 Å². The zero-order chi connectivity index (χ0) is 32.2. The summed E-state index contributed by atoms with van der Waals surface area (Å²) in [5.74, 6) is 1.71. The highest BCUT2D eigenvalue weighted by molar-refractivity contribution is 14.1. The molecule has 0 unspecified atom stereocenters. The highest BCUT2D eigenvalue weighted by Crippen LogP contribution is 2.34. The molecule has 230 valence electrons. The number of aryl methyl sites for hydroxylation is 1. The van der Waals surface area contributed by atoms with Gasteiger partial charge in [0.05, 0.1) is 31.4 Å². The number of carbonyl (C=O) groups excluding carboxylic acids is 1. The zero-order valence-electron chi connectivity index (χ0n) is 24.9. The summed E-state index contributed by atoms with van der Waals surface area (Å²) in [5, 5.41) is 8.51. The first-order valence-electron chi connectivity index (χ1n) is 14.0. The number of carbonyl (C=O) groups is 1. The van der Waals surface area contributed by atoms with Crippen LogP contribution in [-0.4, -0.2) is 35.5 Å². The summed E-state index contributed by atoms with van der Waals surface area (Å²) in [5.41, 5.74) is 4.42. The van der Waals surface area contributed by atoms with E-state index in [2.05, 4.69) is 69.4 Å². The number of benzene rings is 4.